The van der Waals surface area contributed by atoms with Gasteiger partial charge in [0.25, 0.3) is 5.91 Å². The van der Waals surface area contributed by atoms with Gasteiger partial charge in [-0.1, -0.05) is 29.3 Å². The van der Waals surface area contributed by atoms with Crippen LogP contribution in [0.1, 0.15) is 28.3 Å². The number of carbonyl (C=O) groups is 1. The number of amides is 1. The number of ether oxygens (including phenoxy) is 1. The third-order valence-electron chi connectivity index (χ3n) is 3.60. The molecule has 0 unspecified atom stereocenters. The SMILES string of the molecule is COCCCNC(=O)c1cc(NCCc2ccc(Cl)cc2Cl)nc(C)n1. The Hall–Kier alpha value is -1.89. The molecule has 2 rings (SSSR count). The molecule has 0 saturated carbocycles. The van der Waals surface area contributed by atoms with E-state index < -0.39 is 0 Å². The molecule has 2 N–H and O–H groups in total. The fourth-order valence-corrected chi connectivity index (χ4v) is 2.84. The Kier molecular flexibility index (Phi) is 8.09. The van der Waals surface area contributed by atoms with Crippen molar-refractivity contribution in [1.29, 1.82) is 0 Å². The molecular formula is C18H22Cl2N4O2. The van der Waals surface area contributed by atoms with Crippen LogP contribution in [0.4, 0.5) is 5.82 Å². The number of halogens is 2. The summed E-state index contributed by atoms with van der Waals surface area (Å²) in [5.41, 5.74) is 1.33. The number of hydrogen-bond acceptors (Lipinski definition) is 5. The predicted octanol–water partition coefficient (Wildman–Crippen LogP) is 3.51. The quantitative estimate of drug-likeness (QED) is 0.634. The molecule has 26 heavy (non-hydrogen) atoms. The highest BCUT2D eigenvalue weighted by Gasteiger charge is 2.10. The van der Waals surface area contributed by atoms with E-state index in [2.05, 4.69) is 20.6 Å². The number of nitrogens with zero attached hydrogens (tertiary/aromatic N) is 2. The van der Waals surface area contributed by atoms with E-state index in [4.69, 9.17) is 27.9 Å². The Balaban J connectivity index is 1.93. The predicted molar refractivity (Wildman–Crippen MR) is 104 cm³/mol. The van der Waals surface area contributed by atoms with Crippen LogP contribution in [0.3, 0.4) is 0 Å². The first-order valence-electron chi connectivity index (χ1n) is 8.30. The van der Waals surface area contributed by atoms with Gasteiger partial charge in [0.05, 0.1) is 0 Å². The molecule has 0 aliphatic heterocycles. The van der Waals surface area contributed by atoms with Crippen molar-refractivity contribution in [2.75, 3.05) is 32.1 Å². The summed E-state index contributed by atoms with van der Waals surface area (Å²) in [5.74, 6) is 0.904. The molecule has 1 aromatic carbocycles. The number of anilines is 1. The first kappa shape index (κ1) is 20.4. The van der Waals surface area contributed by atoms with Crippen molar-refractivity contribution in [2.24, 2.45) is 0 Å². The molecule has 0 fully saturated rings. The van der Waals surface area contributed by atoms with E-state index in [-0.39, 0.29) is 5.91 Å². The third-order valence-corrected chi connectivity index (χ3v) is 4.18. The lowest BCUT2D eigenvalue weighted by Gasteiger charge is -2.10. The largest absolute Gasteiger partial charge is 0.385 e. The molecular weight excluding hydrogens is 375 g/mol. The number of nitrogens with one attached hydrogen (secondary N) is 2. The number of methoxy groups -OCH3 is 1. The van der Waals surface area contributed by atoms with Crippen molar-refractivity contribution in [1.82, 2.24) is 15.3 Å². The zero-order valence-corrected chi connectivity index (χ0v) is 16.3. The number of benzene rings is 1. The van der Waals surface area contributed by atoms with Crippen molar-refractivity contribution < 1.29 is 9.53 Å². The Bertz CT molecular complexity index is 756. The van der Waals surface area contributed by atoms with Crippen LogP contribution in [0, 0.1) is 6.92 Å². The molecule has 2 aromatic rings. The van der Waals surface area contributed by atoms with E-state index in [0.29, 0.717) is 53.5 Å². The minimum Gasteiger partial charge on any atom is -0.385 e. The van der Waals surface area contributed by atoms with Crippen LogP contribution in [0.5, 0.6) is 0 Å². The lowest BCUT2D eigenvalue weighted by atomic mass is 10.1. The second-order valence-electron chi connectivity index (χ2n) is 5.70. The Morgan fingerprint density at radius 1 is 1.19 bits per heavy atom. The highest BCUT2D eigenvalue weighted by Crippen LogP contribution is 2.21. The van der Waals surface area contributed by atoms with Crippen LogP contribution in [0.2, 0.25) is 10.0 Å². The molecule has 1 heterocycles. The normalized spacial score (nSPS) is 10.6. The van der Waals surface area contributed by atoms with Gasteiger partial charge in [-0.3, -0.25) is 4.79 Å². The van der Waals surface area contributed by atoms with Crippen molar-refractivity contribution in [2.45, 2.75) is 19.8 Å². The van der Waals surface area contributed by atoms with Crippen molar-refractivity contribution in [3.63, 3.8) is 0 Å². The molecule has 0 radical (unpaired) electrons. The minimum absolute atomic E-state index is 0.226. The average Bonchev–Trinajstić information content (AvgIpc) is 2.60. The summed E-state index contributed by atoms with van der Waals surface area (Å²) in [6.07, 6.45) is 1.46. The molecule has 1 aromatic heterocycles. The van der Waals surface area contributed by atoms with Gasteiger partial charge in [0, 0.05) is 42.9 Å². The number of aryl methyl sites for hydroxylation is 1. The average molecular weight is 397 g/mol. The number of hydrogen-bond donors (Lipinski definition) is 2. The molecule has 0 atom stereocenters. The molecule has 140 valence electrons. The van der Waals surface area contributed by atoms with E-state index in [9.17, 15) is 4.79 Å². The van der Waals surface area contributed by atoms with Crippen LogP contribution in [0.15, 0.2) is 24.3 Å². The Morgan fingerprint density at radius 2 is 2.00 bits per heavy atom. The summed E-state index contributed by atoms with van der Waals surface area (Å²) < 4.78 is 4.96. The molecule has 0 saturated heterocycles. The number of carbonyl (C=O) groups excluding carboxylic acids is 1. The zero-order valence-electron chi connectivity index (χ0n) is 14.8. The van der Waals surface area contributed by atoms with Crippen molar-refractivity contribution >= 4 is 34.9 Å². The smallest absolute Gasteiger partial charge is 0.270 e. The number of rotatable bonds is 9. The molecule has 0 bridgehead atoms. The van der Waals surface area contributed by atoms with Crippen molar-refractivity contribution in [3.05, 3.63) is 51.4 Å². The highest BCUT2D eigenvalue weighted by molar-refractivity contribution is 6.35. The maximum absolute atomic E-state index is 12.2. The Morgan fingerprint density at radius 3 is 2.73 bits per heavy atom. The fourth-order valence-electron chi connectivity index (χ4n) is 2.33. The molecule has 6 nitrogen and oxygen atoms in total. The second kappa shape index (κ2) is 10.3. The van der Waals surface area contributed by atoms with Gasteiger partial charge in [-0.05, 0) is 37.5 Å². The first-order valence-corrected chi connectivity index (χ1v) is 9.06. The van der Waals surface area contributed by atoms with Gasteiger partial charge in [-0.15, -0.1) is 0 Å². The number of aromatic nitrogens is 2. The summed E-state index contributed by atoms with van der Waals surface area (Å²) in [6.45, 7) is 3.51. The van der Waals surface area contributed by atoms with Gasteiger partial charge in [-0.2, -0.15) is 0 Å². The first-order chi connectivity index (χ1) is 12.5. The summed E-state index contributed by atoms with van der Waals surface area (Å²) in [5, 5.41) is 7.26. The van der Waals surface area contributed by atoms with Crippen LogP contribution in [-0.4, -0.2) is 42.7 Å². The highest BCUT2D eigenvalue weighted by atomic mass is 35.5. The van der Waals surface area contributed by atoms with Crippen LogP contribution in [0.25, 0.3) is 0 Å². The molecule has 1 amide bonds. The van der Waals surface area contributed by atoms with Crippen LogP contribution >= 0.6 is 23.2 Å². The van der Waals surface area contributed by atoms with Crippen molar-refractivity contribution in [3.8, 4) is 0 Å². The molecule has 0 aliphatic rings. The van der Waals surface area contributed by atoms with E-state index in [0.717, 1.165) is 12.0 Å². The maximum atomic E-state index is 12.2. The monoisotopic (exact) mass is 396 g/mol. The molecule has 0 spiro atoms. The van der Waals surface area contributed by atoms with E-state index in [1.165, 1.54) is 0 Å². The molecule has 0 aliphatic carbocycles. The summed E-state index contributed by atoms with van der Waals surface area (Å²) in [4.78, 5) is 20.7. The lowest BCUT2D eigenvalue weighted by molar-refractivity contribution is 0.0943. The van der Waals surface area contributed by atoms with E-state index in [1.54, 1.807) is 26.2 Å². The van der Waals surface area contributed by atoms with Gasteiger partial charge < -0.3 is 15.4 Å². The zero-order chi connectivity index (χ0) is 18.9. The third kappa shape index (κ3) is 6.44. The summed E-state index contributed by atoms with van der Waals surface area (Å²) in [6, 6.07) is 7.07. The van der Waals surface area contributed by atoms with Crippen LogP contribution < -0.4 is 10.6 Å². The van der Waals surface area contributed by atoms with Gasteiger partial charge >= 0.3 is 0 Å². The maximum Gasteiger partial charge on any atom is 0.270 e. The van der Waals surface area contributed by atoms with Crippen LogP contribution in [-0.2, 0) is 11.2 Å². The van der Waals surface area contributed by atoms with Gasteiger partial charge in [0.2, 0.25) is 0 Å². The second-order valence-corrected chi connectivity index (χ2v) is 6.54. The van der Waals surface area contributed by atoms with Gasteiger partial charge in [0.1, 0.15) is 17.3 Å². The standard InChI is InChI=1S/C18H22Cl2N4O2/c1-12-23-16(18(25)22-7-3-9-26-2)11-17(24-12)21-8-6-13-4-5-14(19)10-15(13)20/h4-5,10-11H,3,6-9H2,1-2H3,(H,22,25)(H,21,23,24). The van der Waals surface area contributed by atoms with Gasteiger partial charge in [0.15, 0.2) is 0 Å². The minimum atomic E-state index is -0.226. The fraction of sp³-hybridized carbons (Fsp3) is 0.389. The van der Waals surface area contributed by atoms with E-state index in [1.807, 2.05) is 12.1 Å². The molecule has 8 heteroatoms. The summed E-state index contributed by atoms with van der Waals surface area (Å²) in [7, 11) is 1.63. The summed E-state index contributed by atoms with van der Waals surface area (Å²) >= 11 is 12.1. The van der Waals surface area contributed by atoms with E-state index >= 15 is 0 Å². The topological polar surface area (TPSA) is 76.1 Å². The van der Waals surface area contributed by atoms with Gasteiger partial charge in [-0.25, -0.2) is 9.97 Å². The lowest BCUT2D eigenvalue weighted by Crippen LogP contribution is -2.26. The Labute approximate surface area is 163 Å².